The molecule has 0 saturated heterocycles. The number of nitrogens with two attached hydrogens (primary N) is 2. The van der Waals surface area contributed by atoms with Crippen LogP contribution >= 0.6 is 0 Å². The van der Waals surface area contributed by atoms with Gasteiger partial charge in [0, 0.05) is 11.3 Å². The van der Waals surface area contributed by atoms with Gasteiger partial charge in [0.25, 0.3) is 0 Å². The molecule has 0 aliphatic heterocycles. The quantitative estimate of drug-likeness (QED) is 0.843. The molecule has 2 aromatic rings. The van der Waals surface area contributed by atoms with Crippen molar-refractivity contribution in [2.24, 2.45) is 5.73 Å². The molecule has 0 fully saturated rings. The molecule has 0 heterocycles. The van der Waals surface area contributed by atoms with Gasteiger partial charge in [0.2, 0.25) is 5.91 Å². The van der Waals surface area contributed by atoms with E-state index in [1.165, 1.54) is 12.1 Å². The number of nitrogen functional groups attached to an aromatic ring is 1. The lowest BCUT2D eigenvalue weighted by molar-refractivity contribution is 0.0999. The highest BCUT2D eigenvalue weighted by Gasteiger charge is 2.14. The van der Waals surface area contributed by atoms with E-state index in [-0.39, 0.29) is 16.3 Å². The summed E-state index contributed by atoms with van der Waals surface area (Å²) >= 11 is 0. The van der Waals surface area contributed by atoms with Crippen LogP contribution in [0.3, 0.4) is 0 Å². The molecule has 0 spiro atoms. The summed E-state index contributed by atoms with van der Waals surface area (Å²) in [7, 11) is -1.56. The van der Waals surface area contributed by atoms with E-state index in [1.807, 2.05) is 0 Å². The fourth-order valence-electron chi connectivity index (χ4n) is 1.81. The first-order chi connectivity index (χ1) is 9.49. The average Bonchev–Trinajstić information content (AvgIpc) is 2.41. The van der Waals surface area contributed by atoms with Crippen LogP contribution in [0.2, 0.25) is 0 Å². The molecule has 1 atom stereocenters. The van der Waals surface area contributed by atoms with Crippen LogP contribution in [0.5, 0.6) is 0 Å². The van der Waals surface area contributed by atoms with Gasteiger partial charge in [0.05, 0.1) is 21.4 Å². The zero-order valence-corrected chi connectivity index (χ0v) is 11.3. The summed E-state index contributed by atoms with van der Waals surface area (Å²) in [5.41, 5.74) is 12.0. The molecule has 2 aromatic carbocycles. The topological polar surface area (TPSA) is 86.2 Å². The standard InChI is InChI=1S/C14H13FN2O2S/c15-10-5-6-12(16)13(7-10)20(19)8-9-3-1-2-4-11(9)14(17)18/h1-7H,8,16H2,(H2,17,18). The first kappa shape index (κ1) is 14.2. The minimum Gasteiger partial charge on any atom is -0.398 e. The summed E-state index contributed by atoms with van der Waals surface area (Å²) in [5, 5.41) is 0. The van der Waals surface area contributed by atoms with E-state index in [4.69, 9.17) is 11.5 Å². The van der Waals surface area contributed by atoms with Gasteiger partial charge in [-0.3, -0.25) is 9.00 Å². The van der Waals surface area contributed by atoms with Gasteiger partial charge in [-0.1, -0.05) is 18.2 Å². The van der Waals surface area contributed by atoms with E-state index >= 15 is 0 Å². The number of rotatable bonds is 4. The number of benzene rings is 2. The van der Waals surface area contributed by atoms with Crippen LogP contribution in [-0.4, -0.2) is 10.1 Å². The highest BCUT2D eigenvalue weighted by Crippen LogP contribution is 2.21. The van der Waals surface area contributed by atoms with Gasteiger partial charge in [-0.15, -0.1) is 0 Å². The van der Waals surface area contributed by atoms with Crippen LogP contribution in [0.15, 0.2) is 47.4 Å². The first-order valence-corrected chi connectivity index (χ1v) is 7.12. The summed E-state index contributed by atoms with van der Waals surface area (Å²) in [6.07, 6.45) is 0. The molecule has 2 rings (SSSR count). The molecule has 1 unspecified atom stereocenters. The molecule has 4 nitrogen and oxygen atoms in total. The monoisotopic (exact) mass is 292 g/mol. The fraction of sp³-hybridized carbons (Fsp3) is 0.0714. The molecular weight excluding hydrogens is 279 g/mol. The van der Waals surface area contributed by atoms with E-state index < -0.39 is 22.5 Å². The molecule has 6 heteroatoms. The molecule has 0 aromatic heterocycles. The summed E-state index contributed by atoms with van der Waals surface area (Å²) in [6.45, 7) is 0. The lowest BCUT2D eigenvalue weighted by Crippen LogP contribution is -2.14. The molecular formula is C14H13FN2O2S. The van der Waals surface area contributed by atoms with Crippen LogP contribution < -0.4 is 11.5 Å². The Bertz CT molecular complexity index is 689. The number of hydrogen-bond acceptors (Lipinski definition) is 3. The van der Waals surface area contributed by atoms with E-state index in [9.17, 15) is 13.4 Å². The van der Waals surface area contributed by atoms with Gasteiger partial charge in [-0.25, -0.2) is 4.39 Å². The van der Waals surface area contributed by atoms with Crippen LogP contribution in [0.1, 0.15) is 15.9 Å². The van der Waals surface area contributed by atoms with E-state index in [0.29, 0.717) is 11.1 Å². The van der Waals surface area contributed by atoms with Crippen molar-refractivity contribution in [2.75, 3.05) is 5.73 Å². The Morgan fingerprint density at radius 2 is 1.90 bits per heavy atom. The summed E-state index contributed by atoms with van der Waals surface area (Å²) in [4.78, 5) is 11.5. The predicted octanol–water partition coefficient (Wildman–Crippen LogP) is 1.81. The average molecular weight is 292 g/mol. The number of carbonyl (C=O) groups excluding carboxylic acids is 1. The predicted molar refractivity (Wildman–Crippen MR) is 75.9 cm³/mol. The zero-order chi connectivity index (χ0) is 14.7. The maximum absolute atomic E-state index is 13.2. The summed E-state index contributed by atoms with van der Waals surface area (Å²) < 4.78 is 25.5. The lowest BCUT2D eigenvalue weighted by atomic mass is 10.1. The van der Waals surface area contributed by atoms with Gasteiger partial charge >= 0.3 is 0 Å². The number of carbonyl (C=O) groups is 1. The molecule has 4 N–H and O–H groups in total. The Kier molecular flexibility index (Phi) is 4.14. The van der Waals surface area contributed by atoms with Crippen LogP contribution in [0.4, 0.5) is 10.1 Å². The van der Waals surface area contributed by atoms with E-state index in [2.05, 4.69) is 0 Å². The molecule has 0 aliphatic rings. The Morgan fingerprint density at radius 3 is 2.60 bits per heavy atom. The Hall–Kier alpha value is -2.21. The summed E-state index contributed by atoms with van der Waals surface area (Å²) in [6, 6.07) is 10.3. The summed E-state index contributed by atoms with van der Waals surface area (Å²) in [5.74, 6) is -1.05. The second kappa shape index (κ2) is 5.83. The first-order valence-electron chi connectivity index (χ1n) is 5.80. The highest BCUT2D eigenvalue weighted by molar-refractivity contribution is 7.84. The lowest BCUT2D eigenvalue weighted by Gasteiger charge is -2.08. The molecule has 0 bridgehead atoms. The third kappa shape index (κ3) is 3.03. The van der Waals surface area contributed by atoms with E-state index in [0.717, 1.165) is 6.07 Å². The number of primary amides is 1. The van der Waals surface area contributed by atoms with Crippen molar-refractivity contribution in [3.8, 4) is 0 Å². The van der Waals surface area contributed by atoms with Crippen molar-refractivity contribution in [2.45, 2.75) is 10.6 Å². The van der Waals surface area contributed by atoms with Gasteiger partial charge < -0.3 is 11.5 Å². The zero-order valence-electron chi connectivity index (χ0n) is 10.5. The SMILES string of the molecule is NC(=O)c1ccccc1CS(=O)c1cc(F)ccc1N. The van der Waals surface area contributed by atoms with Crippen LogP contribution in [-0.2, 0) is 16.6 Å². The minimum atomic E-state index is -1.56. The maximum atomic E-state index is 13.2. The molecule has 0 aliphatic carbocycles. The number of hydrogen-bond donors (Lipinski definition) is 2. The van der Waals surface area contributed by atoms with Gasteiger partial charge in [-0.2, -0.15) is 0 Å². The second-order valence-corrected chi connectivity index (χ2v) is 5.61. The van der Waals surface area contributed by atoms with Crippen molar-refractivity contribution in [3.05, 3.63) is 59.4 Å². The maximum Gasteiger partial charge on any atom is 0.249 e. The van der Waals surface area contributed by atoms with Crippen molar-refractivity contribution in [1.29, 1.82) is 0 Å². The molecule has 104 valence electrons. The fourth-order valence-corrected chi connectivity index (χ4v) is 3.08. The highest BCUT2D eigenvalue weighted by atomic mass is 32.2. The Morgan fingerprint density at radius 1 is 1.20 bits per heavy atom. The van der Waals surface area contributed by atoms with Crippen molar-refractivity contribution in [3.63, 3.8) is 0 Å². The van der Waals surface area contributed by atoms with Crippen LogP contribution in [0.25, 0.3) is 0 Å². The Labute approximate surface area is 118 Å². The minimum absolute atomic E-state index is 0.0484. The Balaban J connectivity index is 2.33. The van der Waals surface area contributed by atoms with Crippen molar-refractivity contribution < 1.29 is 13.4 Å². The smallest absolute Gasteiger partial charge is 0.249 e. The third-order valence-electron chi connectivity index (χ3n) is 2.79. The molecule has 1 amide bonds. The van der Waals surface area contributed by atoms with Crippen molar-refractivity contribution >= 4 is 22.4 Å². The second-order valence-electron chi connectivity index (χ2n) is 4.19. The number of halogens is 1. The normalized spacial score (nSPS) is 12.1. The van der Waals surface area contributed by atoms with Crippen molar-refractivity contribution in [1.82, 2.24) is 0 Å². The van der Waals surface area contributed by atoms with Gasteiger partial charge in [0.1, 0.15) is 5.82 Å². The number of amides is 1. The van der Waals surface area contributed by atoms with Gasteiger partial charge in [-0.05, 0) is 29.8 Å². The largest absolute Gasteiger partial charge is 0.398 e. The van der Waals surface area contributed by atoms with E-state index in [1.54, 1.807) is 24.3 Å². The van der Waals surface area contributed by atoms with Gasteiger partial charge in [0.15, 0.2) is 0 Å². The van der Waals surface area contributed by atoms with Crippen LogP contribution in [0, 0.1) is 5.82 Å². The molecule has 20 heavy (non-hydrogen) atoms. The molecule has 0 radical (unpaired) electrons. The number of anilines is 1. The third-order valence-corrected chi connectivity index (χ3v) is 4.21. The molecule has 0 saturated carbocycles.